The van der Waals surface area contributed by atoms with Crippen LogP contribution in [0.2, 0.25) is 0 Å². The number of benzene rings is 2. The molecule has 1 aliphatic heterocycles. The Hall–Kier alpha value is -2.93. The van der Waals surface area contributed by atoms with Crippen molar-refractivity contribution < 1.29 is 14.3 Å². The zero-order chi connectivity index (χ0) is 20.4. The molecule has 7 heteroatoms. The van der Waals surface area contributed by atoms with Gasteiger partial charge in [0.15, 0.2) is 0 Å². The average molecular weight is 394 g/mol. The molecule has 0 fully saturated rings. The van der Waals surface area contributed by atoms with Gasteiger partial charge in [0.1, 0.15) is 16.8 Å². The van der Waals surface area contributed by atoms with Crippen molar-refractivity contribution in [2.24, 2.45) is 7.05 Å². The van der Waals surface area contributed by atoms with E-state index in [-0.39, 0.29) is 12.0 Å². The number of nitrogens with zero attached hydrogens (tertiary/aromatic N) is 3. The van der Waals surface area contributed by atoms with Crippen LogP contribution in [0.25, 0.3) is 11.0 Å². The maximum absolute atomic E-state index is 11.8. The third-order valence-electron chi connectivity index (χ3n) is 5.53. The van der Waals surface area contributed by atoms with E-state index >= 15 is 0 Å². The summed E-state index contributed by atoms with van der Waals surface area (Å²) >= 11 is 0. The number of aryl methyl sites for hydroxylation is 2. The van der Waals surface area contributed by atoms with E-state index in [9.17, 15) is 4.79 Å². The van der Waals surface area contributed by atoms with Gasteiger partial charge in [0, 0.05) is 26.1 Å². The van der Waals surface area contributed by atoms with Gasteiger partial charge in [-0.15, -0.1) is 5.10 Å². The van der Waals surface area contributed by atoms with Crippen LogP contribution in [-0.2, 0) is 36.0 Å². The van der Waals surface area contributed by atoms with Gasteiger partial charge in [0.05, 0.1) is 13.7 Å². The molecule has 0 saturated heterocycles. The summed E-state index contributed by atoms with van der Waals surface area (Å²) in [7, 11) is 3.53. The molecule has 0 radical (unpaired) electrons. The Morgan fingerprint density at radius 2 is 2.21 bits per heavy atom. The Morgan fingerprint density at radius 1 is 1.34 bits per heavy atom. The third kappa shape index (κ3) is 3.82. The number of nitrogens with one attached hydrogen (secondary N) is 1. The molecule has 0 saturated carbocycles. The second-order valence-corrected chi connectivity index (χ2v) is 7.30. The van der Waals surface area contributed by atoms with Crippen molar-refractivity contribution in [3.63, 3.8) is 0 Å². The molecular formula is C22H26N4O3. The van der Waals surface area contributed by atoms with Gasteiger partial charge < -0.3 is 14.8 Å². The van der Waals surface area contributed by atoms with E-state index < -0.39 is 0 Å². The molecule has 0 bridgehead atoms. The van der Waals surface area contributed by atoms with Crippen LogP contribution in [0.15, 0.2) is 30.3 Å². The molecule has 1 aromatic heterocycles. The van der Waals surface area contributed by atoms with Crippen LogP contribution in [0, 0.1) is 0 Å². The summed E-state index contributed by atoms with van der Waals surface area (Å²) in [6.45, 7) is 3.04. The summed E-state index contributed by atoms with van der Waals surface area (Å²) in [6.07, 6.45) is 1.95. The molecule has 29 heavy (non-hydrogen) atoms. The standard InChI is InChI=1S/C22H26N4O3/c1-4-29-21(27)9-8-14-6-5-7-15-13-23-18(12-17(14)15)16-10-19-22(20(11-16)28-3)26(2)25-24-19/h5-7,10-11,18,23H,4,8-9,12-13H2,1-3H3. The normalized spacial score (nSPS) is 15.9. The number of aromatic nitrogens is 3. The van der Waals surface area contributed by atoms with E-state index in [4.69, 9.17) is 9.47 Å². The van der Waals surface area contributed by atoms with Crippen molar-refractivity contribution >= 4 is 17.0 Å². The first-order chi connectivity index (χ1) is 14.1. The minimum absolute atomic E-state index is 0.145. The predicted octanol–water partition coefficient (Wildman–Crippen LogP) is 2.86. The maximum Gasteiger partial charge on any atom is 0.306 e. The van der Waals surface area contributed by atoms with E-state index in [1.54, 1.807) is 11.8 Å². The Morgan fingerprint density at radius 3 is 3.00 bits per heavy atom. The summed E-state index contributed by atoms with van der Waals surface area (Å²) in [5, 5.41) is 12.0. The average Bonchev–Trinajstić information content (AvgIpc) is 3.12. The largest absolute Gasteiger partial charge is 0.494 e. The summed E-state index contributed by atoms with van der Waals surface area (Å²) in [6, 6.07) is 10.6. The number of hydrogen-bond donors (Lipinski definition) is 1. The minimum atomic E-state index is -0.145. The van der Waals surface area contributed by atoms with Gasteiger partial charge in [-0.25, -0.2) is 4.68 Å². The lowest BCUT2D eigenvalue weighted by molar-refractivity contribution is -0.143. The fraction of sp³-hybridized carbons (Fsp3) is 0.409. The molecule has 3 aromatic rings. The Balaban J connectivity index is 1.61. The van der Waals surface area contributed by atoms with E-state index in [1.807, 2.05) is 14.0 Å². The van der Waals surface area contributed by atoms with Gasteiger partial charge in [-0.3, -0.25) is 4.79 Å². The number of hydrogen-bond acceptors (Lipinski definition) is 6. The predicted molar refractivity (Wildman–Crippen MR) is 110 cm³/mol. The highest BCUT2D eigenvalue weighted by Gasteiger charge is 2.24. The van der Waals surface area contributed by atoms with Gasteiger partial charge >= 0.3 is 5.97 Å². The quantitative estimate of drug-likeness (QED) is 0.648. The van der Waals surface area contributed by atoms with Crippen molar-refractivity contribution in [3.8, 4) is 5.75 Å². The SMILES string of the molecule is CCOC(=O)CCc1cccc2c1CC(c1cc(OC)c3c(c1)nnn3C)NC2. The summed E-state index contributed by atoms with van der Waals surface area (Å²) < 4.78 is 12.4. The van der Waals surface area contributed by atoms with Crippen LogP contribution in [0.3, 0.4) is 0 Å². The van der Waals surface area contributed by atoms with Gasteiger partial charge in [-0.05, 0) is 54.2 Å². The van der Waals surface area contributed by atoms with Crippen LogP contribution in [0.1, 0.15) is 41.6 Å². The van der Waals surface area contributed by atoms with Crippen LogP contribution in [0.4, 0.5) is 0 Å². The number of carbonyl (C=O) groups is 1. The molecule has 4 rings (SSSR count). The highest BCUT2D eigenvalue weighted by molar-refractivity contribution is 5.82. The van der Waals surface area contributed by atoms with E-state index in [0.29, 0.717) is 19.4 Å². The maximum atomic E-state index is 11.8. The molecule has 1 aliphatic rings. The van der Waals surface area contributed by atoms with Gasteiger partial charge in [0.25, 0.3) is 0 Å². The first-order valence-corrected chi connectivity index (χ1v) is 9.96. The lowest BCUT2D eigenvalue weighted by Gasteiger charge is -2.28. The smallest absolute Gasteiger partial charge is 0.306 e. The number of methoxy groups -OCH3 is 1. The monoisotopic (exact) mass is 394 g/mol. The van der Waals surface area contributed by atoms with Crippen LogP contribution < -0.4 is 10.1 Å². The Labute approximate surface area is 170 Å². The zero-order valence-electron chi connectivity index (χ0n) is 17.1. The molecule has 152 valence electrons. The number of rotatable bonds is 6. The van der Waals surface area contributed by atoms with Crippen LogP contribution >= 0.6 is 0 Å². The van der Waals surface area contributed by atoms with Crippen molar-refractivity contribution in [1.82, 2.24) is 20.3 Å². The first kappa shape index (κ1) is 19.4. The highest BCUT2D eigenvalue weighted by Crippen LogP contribution is 2.33. The molecule has 0 spiro atoms. The van der Waals surface area contributed by atoms with Crippen LogP contribution in [-0.4, -0.2) is 34.7 Å². The molecule has 1 atom stereocenters. The Bertz CT molecular complexity index is 1040. The van der Waals surface area contributed by atoms with Crippen molar-refractivity contribution in [3.05, 3.63) is 52.6 Å². The van der Waals surface area contributed by atoms with E-state index in [0.717, 1.165) is 35.3 Å². The van der Waals surface area contributed by atoms with E-state index in [2.05, 4.69) is 46.0 Å². The lowest BCUT2D eigenvalue weighted by Crippen LogP contribution is -2.29. The molecule has 7 nitrogen and oxygen atoms in total. The highest BCUT2D eigenvalue weighted by atomic mass is 16.5. The number of fused-ring (bicyclic) bond motifs is 2. The topological polar surface area (TPSA) is 78.3 Å². The minimum Gasteiger partial charge on any atom is -0.494 e. The molecule has 1 N–H and O–H groups in total. The molecule has 0 amide bonds. The fourth-order valence-corrected chi connectivity index (χ4v) is 4.10. The summed E-state index contributed by atoms with van der Waals surface area (Å²) in [5.41, 5.74) is 6.66. The first-order valence-electron chi connectivity index (χ1n) is 9.96. The van der Waals surface area contributed by atoms with Gasteiger partial charge in [0.2, 0.25) is 0 Å². The fourth-order valence-electron chi connectivity index (χ4n) is 4.10. The number of carbonyl (C=O) groups excluding carboxylic acids is 1. The van der Waals surface area contributed by atoms with Crippen molar-refractivity contribution in [1.29, 1.82) is 0 Å². The van der Waals surface area contributed by atoms with E-state index in [1.165, 1.54) is 16.7 Å². The zero-order valence-corrected chi connectivity index (χ0v) is 17.1. The lowest BCUT2D eigenvalue weighted by atomic mass is 9.87. The van der Waals surface area contributed by atoms with Gasteiger partial charge in [-0.2, -0.15) is 0 Å². The number of esters is 1. The second-order valence-electron chi connectivity index (χ2n) is 7.30. The summed E-state index contributed by atoms with van der Waals surface area (Å²) in [5.74, 6) is 0.627. The Kier molecular flexibility index (Phi) is 5.49. The summed E-state index contributed by atoms with van der Waals surface area (Å²) in [4.78, 5) is 11.8. The molecular weight excluding hydrogens is 368 g/mol. The second kappa shape index (κ2) is 8.21. The van der Waals surface area contributed by atoms with Crippen molar-refractivity contribution in [2.45, 2.75) is 38.8 Å². The number of ether oxygens (including phenoxy) is 2. The third-order valence-corrected chi connectivity index (χ3v) is 5.53. The molecule has 2 heterocycles. The van der Waals surface area contributed by atoms with Gasteiger partial charge in [-0.1, -0.05) is 23.4 Å². The van der Waals surface area contributed by atoms with Crippen LogP contribution in [0.5, 0.6) is 5.75 Å². The van der Waals surface area contributed by atoms with Crippen molar-refractivity contribution in [2.75, 3.05) is 13.7 Å². The molecule has 1 unspecified atom stereocenters. The molecule has 0 aliphatic carbocycles. The molecule has 2 aromatic carbocycles.